The Hall–Kier alpha value is -1.91. The molecule has 0 aliphatic rings. The van der Waals surface area contributed by atoms with Crippen molar-refractivity contribution in [3.63, 3.8) is 0 Å². The zero-order chi connectivity index (χ0) is 12.7. The number of carbonyl (C=O) groups is 2. The molecule has 92 valence electrons. The Labute approximate surface area is 99.9 Å². The lowest BCUT2D eigenvalue weighted by molar-refractivity contribution is -0.121. The summed E-state index contributed by atoms with van der Waals surface area (Å²) in [6, 6.07) is 2.88. The van der Waals surface area contributed by atoms with Gasteiger partial charge in [-0.1, -0.05) is 13.3 Å². The van der Waals surface area contributed by atoms with Crippen molar-refractivity contribution in [1.29, 1.82) is 0 Å². The summed E-state index contributed by atoms with van der Waals surface area (Å²) in [6.07, 6.45) is 3.75. The first-order valence-corrected chi connectivity index (χ1v) is 5.58. The number of pyridine rings is 1. The lowest BCUT2D eigenvalue weighted by atomic mass is 10.2. The maximum Gasteiger partial charge on any atom is 0.335 e. The van der Waals surface area contributed by atoms with Crippen LogP contribution < -0.4 is 5.32 Å². The van der Waals surface area contributed by atoms with Gasteiger partial charge in [-0.3, -0.25) is 9.78 Å². The number of carbonyl (C=O) groups excluding carboxylic acids is 1. The van der Waals surface area contributed by atoms with E-state index in [0.717, 1.165) is 12.8 Å². The Morgan fingerprint density at radius 1 is 1.47 bits per heavy atom. The van der Waals surface area contributed by atoms with E-state index in [1.165, 1.54) is 18.3 Å². The van der Waals surface area contributed by atoms with Crippen LogP contribution in [0.4, 0.5) is 0 Å². The van der Waals surface area contributed by atoms with E-state index in [1.54, 1.807) is 0 Å². The molecule has 0 saturated heterocycles. The SMILES string of the molecule is CCCCC(=O)NCc1cc(C(=O)O)ccn1. The van der Waals surface area contributed by atoms with E-state index in [0.29, 0.717) is 12.1 Å². The van der Waals surface area contributed by atoms with Crippen LogP contribution in [-0.4, -0.2) is 22.0 Å². The van der Waals surface area contributed by atoms with E-state index in [2.05, 4.69) is 10.3 Å². The minimum atomic E-state index is -0.994. The van der Waals surface area contributed by atoms with Crippen LogP contribution in [0.1, 0.15) is 42.2 Å². The molecule has 5 nitrogen and oxygen atoms in total. The first-order chi connectivity index (χ1) is 8.13. The molecular weight excluding hydrogens is 220 g/mol. The van der Waals surface area contributed by atoms with Gasteiger partial charge in [-0.25, -0.2) is 4.79 Å². The van der Waals surface area contributed by atoms with Gasteiger partial charge in [0.15, 0.2) is 0 Å². The average molecular weight is 236 g/mol. The van der Waals surface area contributed by atoms with Gasteiger partial charge in [0.25, 0.3) is 0 Å². The second kappa shape index (κ2) is 6.62. The maximum atomic E-state index is 11.3. The number of nitrogens with one attached hydrogen (secondary N) is 1. The highest BCUT2D eigenvalue weighted by atomic mass is 16.4. The summed E-state index contributed by atoms with van der Waals surface area (Å²) >= 11 is 0. The molecule has 0 saturated carbocycles. The Morgan fingerprint density at radius 2 is 2.24 bits per heavy atom. The van der Waals surface area contributed by atoms with Gasteiger partial charge in [-0.05, 0) is 18.6 Å². The van der Waals surface area contributed by atoms with E-state index >= 15 is 0 Å². The van der Waals surface area contributed by atoms with Crippen molar-refractivity contribution >= 4 is 11.9 Å². The Bertz CT molecular complexity index is 404. The molecule has 0 aliphatic carbocycles. The van der Waals surface area contributed by atoms with Crippen LogP contribution in [0.3, 0.4) is 0 Å². The van der Waals surface area contributed by atoms with Gasteiger partial charge in [0.2, 0.25) is 5.91 Å². The summed E-state index contributed by atoms with van der Waals surface area (Å²) in [6.45, 7) is 2.29. The van der Waals surface area contributed by atoms with Crippen LogP contribution in [0.25, 0.3) is 0 Å². The van der Waals surface area contributed by atoms with Crippen LogP contribution >= 0.6 is 0 Å². The fraction of sp³-hybridized carbons (Fsp3) is 0.417. The number of rotatable bonds is 6. The molecule has 0 aromatic carbocycles. The predicted molar refractivity (Wildman–Crippen MR) is 62.6 cm³/mol. The van der Waals surface area contributed by atoms with E-state index in [-0.39, 0.29) is 18.0 Å². The van der Waals surface area contributed by atoms with Gasteiger partial charge < -0.3 is 10.4 Å². The Balaban J connectivity index is 2.49. The molecule has 0 bridgehead atoms. The van der Waals surface area contributed by atoms with Crippen LogP contribution in [0.15, 0.2) is 18.3 Å². The van der Waals surface area contributed by atoms with E-state index in [4.69, 9.17) is 5.11 Å². The maximum absolute atomic E-state index is 11.3. The number of aromatic nitrogens is 1. The lowest BCUT2D eigenvalue weighted by Gasteiger charge is -2.04. The molecule has 2 N–H and O–H groups in total. The normalized spacial score (nSPS) is 9.94. The first-order valence-electron chi connectivity index (χ1n) is 5.58. The summed E-state index contributed by atoms with van der Waals surface area (Å²) in [5.41, 5.74) is 0.729. The number of aromatic carboxylic acids is 1. The quantitative estimate of drug-likeness (QED) is 0.786. The average Bonchev–Trinajstić information content (AvgIpc) is 2.34. The highest BCUT2D eigenvalue weighted by Crippen LogP contribution is 2.02. The van der Waals surface area contributed by atoms with Crippen molar-refractivity contribution in [2.75, 3.05) is 0 Å². The molecule has 5 heteroatoms. The van der Waals surface area contributed by atoms with Gasteiger partial charge in [0.05, 0.1) is 17.8 Å². The topological polar surface area (TPSA) is 79.3 Å². The molecular formula is C12H16N2O3. The van der Waals surface area contributed by atoms with Gasteiger partial charge in [-0.2, -0.15) is 0 Å². The van der Waals surface area contributed by atoms with Crippen molar-refractivity contribution in [3.8, 4) is 0 Å². The molecule has 0 fully saturated rings. The Morgan fingerprint density at radius 3 is 2.88 bits per heavy atom. The molecule has 1 aromatic heterocycles. The second-order valence-electron chi connectivity index (χ2n) is 3.72. The summed E-state index contributed by atoms with van der Waals surface area (Å²) in [7, 11) is 0. The molecule has 17 heavy (non-hydrogen) atoms. The number of carboxylic acid groups (broad SMARTS) is 1. The summed E-state index contributed by atoms with van der Waals surface area (Å²) < 4.78 is 0. The smallest absolute Gasteiger partial charge is 0.335 e. The van der Waals surface area contributed by atoms with Gasteiger partial charge in [0, 0.05) is 12.6 Å². The van der Waals surface area contributed by atoms with Crippen molar-refractivity contribution < 1.29 is 14.7 Å². The van der Waals surface area contributed by atoms with Crippen molar-refractivity contribution in [1.82, 2.24) is 10.3 Å². The third kappa shape index (κ3) is 4.63. The zero-order valence-corrected chi connectivity index (χ0v) is 9.77. The number of unbranched alkanes of at least 4 members (excludes halogenated alkanes) is 1. The van der Waals surface area contributed by atoms with E-state index < -0.39 is 5.97 Å². The van der Waals surface area contributed by atoms with Crippen molar-refractivity contribution in [2.45, 2.75) is 32.7 Å². The van der Waals surface area contributed by atoms with Crippen LogP contribution in [0.2, 0.25) is 0 Å². The third-order valence-electron chi connectivity index (χ3n) is 2.29. The largest absolute Gasteiger partial charge is 0.478 e. The minimum Gasteiger partial charge on any atom is -0.478 e. The highest BCUT2D eigenvalue weighted by Gasteiger charge is 2.05. The van der Waals surface area contributed by atoms with Gasteiger partial charge in [-0.15, -0.1) is 0 Å². The molecule has 0 spiro atoms. The number of carboxylic acids is 1. The van der Waals surface area contributed by atoms with Gasteiger partial charge in [0.1, 0.15) is 0 Å². The number of nitrogens with zero attached hydrogens (tertiary/aromatic N) is 1. The number of hydrogen-bond donors (Lipinski definition) is 2. The highest BCUT2D eigenvalue weighted by molar-refractivity contribution is 5.87. The first kappa shape index (κ1) is 13.2. The van der Waals surface area contributed by atoms with E-state index in [9.17, 15) is 9.59 Å². The van der Waals surface area contributed by atoms with E-state index in [1.807, 2.05) is 6.92 Å². The van der Waals surface area contributed by atoms with Crippen molar-refractivity contribution in [2.24, 2.45) is 0 Å². The molecule has 1 aromatic rings. The van der Waals surface area contributed by atoms with Crippen LogP contribution in [0.5, 0.6) is 0 Å². The molecule has 0 aliphatic heterocycles. The lowest BCUT2D eigenvalue weighted by Crippen LogP contribution is -2.23. The number of amides is 1. The molecule has 1 rings (SSSR count). The summed E-state index contributed by atoms with van der Waals surface area (Å²) in [5.74, 6) is -1.03. The molecule has 0 radical (unpaired) electrons. The standard InChI is InChI=1S/C12H16N2O3/c1-2-3-4-11(15)14-8-10-7-9(12(16)17)5-6-13-10/h5-7H,2-4,8H2,1H3,(H,14,15)(H,16,17). The summed E-state index contributed by atoms with van der Waals surface area (Å²) in [5, 5.41) is 11.5. The fourth-order valence-electron chi connectivity index (χ4n) is 1.32. The van der Waals surface area contributed by atoms with Crippen LogP contribution in [0, 0.1) is 0 Å². The minimum absolute atomic E-state index is 0.0330. The van der Waals surface area contributed by atoms with Crippen molar-refractivity contribution in [3.05, 3.63) is 29.6 Å². The molecule has 0 unspecified atom stereocenters. The van der Waals surface area contributed by atoms with Gasteiger partial charge >= 0.3 is 5.97 Å². The fourth-order valence-corrected chi connectivity index (χ4v) is 1.32. The second-order valence-corrected chi connectivity index (χ2v) is 3.72. The monoisotopic (exact) mass is 236 g/mol. The van der Waals surface area contributed by atoms with Crippen LogP contribution in [-0.2, 0) is 11.3 Å². The molecule has 1 amide bonds. The zero-order valence-electron chi connectivity index (χ0n) is 9.77. The molecule has 0 atom stereocenters. The summed E-state index contributed by atoms with van der Waals surface area (Å²) in [4.78, 5) is 26.1. The Kier molecular flexibility index (Phi) is 5.13. The number of hydrogen-bond acceptors (Lipinski definition) is 3. The molecule has 1 heterocycles. The third-order valence-corrected chi connectivity index (χ3v) is 2.29. The predicted octanol–water partition coefficient (Wildman–Crippen LogP) is 1.59.